The predicted molar refractivity (Wildman–Crippen MR) is 171 cm³/mol. The number of hydrogen-bond acceptors (Lipinski definition) is 15. The van der Waals surface area contributed by atoms with Crippen LogP contribution in [0.15, 0.2) is 4.52 Å². The van der Waals surface area contributed by atoms with E-state index in [4.69, 9.17) is 24.7 Å². The molecule has 0 spiro atoms. The number of amides is 1. The molecule has 1 amide bonds. The van der Waals surface area contributed by atoms with Crippen LogP contribution in [0.3, 0.4) is 0 Å². The Bertz CT molecular complexity index is 1750. The molecule has 0 unspecified atom stereocenters. The summed E-state index contributed by atoms with van der Waals surface area (Å²) in [6, 6.07) is 2.25. The van der Waals surface area contributed by atoms with E-state index >= 15 is 0 Å². The number of thiophene rings is 1. The van der Waals surface area contributed by atoms with Crippen molar-refractivity contribution >= 4 is 28.2 Å². The van der Waals surface area contributed by atoms with Gasteiger partial charge in [0.1, 0.15) is 29.4 Å². The first kappa shape index (κ1) is 32.6. The molecule has 3 aliphatic heterocycles. The summed E-state index contributed by atoms with van der Waals surface area (Å²) < 4.78 is 32.3. The second kappa shape index (κ2) is 12.5. The number of nitrogens with zero attached hydrogens (tertiary/aromatic N) is 8. The molecule has 3 aromatic heterocycles. The number of nitrogens with one attached hydrogen (secondary N) is 1. The second-order valence-corrected chi connectivity index (χ2v) is 14.7. The first-order valence-corrected chi connectivity index (χ1v) is 17.1. The summed E-state index contributed by atoms with van der Waals surface area (Å²) in [7, 11) is 1.51. The zero-order valence-electron chi connectivity index (χ0n) is 27.0. The summed E-state index contributed by atoms with van der Waals surface area (Å²) in [5.41, 5.74) is 4.77. The van der Waals surface area contributed by atoms with E-state index < -0.39 is 22.7 Å². The Hall–Kier alpha value is -3.98. The average molecular weight is 683 g/mol. The van der Waals surface area contributed by atoms with Gasteiger partial charge in [-0.3, -0.25) is 9.69 Å². The van der Waals surface area contributed by atoms with Crippen LogP contribution < -0.4 is 20.7 Å². The third kappa shape index (κ3) is 5.84. The molecule has 0 radical (unpaired) electrons. The number of nitrogen functional groups attached to an aromatic ring is 1. The van der Waals surface area contributed by atoms with E-state index in [1.165, 1.54) is 18.4 Å². The Morgan fingerprint density at radius 3 is 2.92 bits per heavy atom. The maximum Gasteiger partial charge on any atom is 0.321 e. The van der Waals surface area contributed by atoms with Crippen molar-refractivity contribution < 1.29 is 28.3 Å². The highest BCUT2D eigenvalue weighted by molar-refractivity contribution is 7.16. The number of aliphatic hydroxyl groups is 1. The number of halogens is 1. The van der Waals surface area contributed by atoms with Crippen molar-refractivity contribution in [3.63, 3.8) is 0 Å². The topological polar surface area (TPSA) is 202 Å². The second-order valence-electron chi connectivity index (χ2n) is 13.5. The average Bonchev–Trinajstić information content (AvgIpc) is 3.81. The van der Waals surface area contributed by atoms with E-state index in [1.807, 2.05) is 6.92 Å². The molecule has 6 heterocycles. The number of fused-ring (bicyclic) bond motifs is 2. The minimum atomic E-state index is -1.51. The van der Waals surface area contributed by atoms with Crippen LogP contribution in [0.5, 0.6) is 6.01 Å². The van der Waals surface area contributed by atoms with Crippen LogP contribution in [0.1, 0.15) is 67.3 Å². The van der Waals surface area contributed by atoms with E-state index in [1.54, 1.807) is 4.90 Å². The molecule has 17 heteroatoms. The van der Waals surface area contributed by atoms with Gasteiger partial charge in [0.15, 0.2) is 0 Å². The molecule has 256 valence electrons. The number of carbonyl (C=O) groups is 1. The zero-order valence-corrected chi connectivity index (χ0v) is 27.8. The van der Waals surface area contributed by atoms with Gasteiger partial charge in [0, 0.05) is 37.0 Å². The molecule has 0 aromatic carbocycles. The van der Waals surface area contributed by atoms with Crippen LogP contribution in [-0.4, -0.2) is 111 Å². The standard InChI is InChI=1S/C31H39FN10O5S/c1-29(6-3-5-20-22(29)19(13-33)23(34)48-20)26-36-25(40-47-26)24-37-27(41-9-10-45-17-31(44,15-41)12-21(43)35-2)39-28(38-24)46-16-30-7-4-8-42(30)14-18(32)11-30/h18,44H,3-12,14-17,34H2,1-2H3,(H,35,43)/t18-,29+,30+,31-/m1/s1. The number of rotatable bonds is 8. The lowest BCUT2D eigenvalue weighted by molar-refractivity contribution is -0.127. The van der Waals surface area contributed by atoms with Gasteiger partial charge in [-0.2, -0.15) is 25.2 Å². The minimum absolute atomic E-state index is 0.000579. The van der Waals surface area contributed by atoms with Gasteiger partial charge in [0.05, 0.1) is 42.7 Å². The van der Waals surface area contributed by atoms with Crippen LogP contribution in [0.25, 0.3) is 11.6 Å². The molecule has 1 aliphatic carbocycles. The maximum atomic E-state index is 14.5. The fourth-order valence-electron chi connectivity index (χ4n) is 7.73. The molecule has 3 saturated heterocycles. The molecule has 4 N–H and O–H groups in total. The number of β-amino-alcohol motifs (C(OH)–C–C–N with tert-alkyl or cyclic N) is 1. The summed E-state index contributed by atoms with van der Waals surface area (Å²) in [5.74, 6) is 0.301. The van der Waals surface area contributed by atoms with Crippen molar-refractivity contribution in [2.75, 3.05) is 63.7 Å². The molecule has 48 heavy (non-hydrogen) atoms. The Morgan fingerprint density at radius 2 is 2.10 bits per heavy atom. The molecule has 15 nitrogen and oxygen atoms in total. The lowest BCUT2D eigenvalue weighted by atomic mass is 9.72. The quantitative estimate of drug-likeness (QED) is 0.310. The minimum Gasteiger partial charge on any atom is -0.461 e. The first-order valence-electron chi connectivity index (χ1n) is 16.2. The van der Waals surface area contributed by atoms with Crippen molar-refractivity contribution in [3.05, 3.63) is 21.9 Å². The Balaban J connectivity index is 1.24. The molecule has 4 atom stereocenters. The van der Waals surface area contributed by atoms with Crippen molar-refractivity contribution in [1.29, 1.82) is 5.26 Å². The number of aromatic nitrogens is 5. The normalized spacial score (nSPS) is 28.8. The number of carbonyl (C=O) groups excluding carboxylic acids is 1. The molecular weight excluding hydrogens is 643 g/mol. The summed E-state index contributed by atoms with van der Waals surface area (Å²) in [6.07, 6.45) is 3.37. The molecule has 0 bridgehead atoms. The monoisotopic (exact) mass is 682 g/mol. The maximum absolute atomic E-state index is 14.5. The Labute approximate surface area is 280 Å². The summed E-state index contributed by atoms with van der Waals surface area (Å²) in [4.78, 5) is 35.8. The largest absolute Gasteiger partial charge is 0.461 e. The number of hydrogen-bond donors (Lipinski definition) is 3. The van der Waals surface area contributed by atoms with Crippen LogP contribution in [0.2, 0.25) is 0 Å². The molecule has 4 aliphatic rings. The highest BCUT2D eigenvalue weighted by atomic mass is 32.1. The molecule has 0 saturated carbocycles. The summed E-state index contributed by atoms with van der Waals surface area (Å²) in [6.45, 7) is 3.87. The molecule has 3 fully saturated rings. The van der Waals surface area contributed by atoms with Crippen molar-refractivity contribution in [2.24, 2.45) is 0 Å². The van der Waals surface area contributed by atoms with E-state index in [0.29, 0.717) is 42.4 Å². The van der Waals surface area contributed by atoms with Gasteiger partial charge in [0.25, 0.3) is 0 Å². The number of anilines is 2. The number of nitriles is 1. The van der Waals surface area contributed by atoms with Crippen LogP contribution in [0, 0.1) is 11.3 Å². The smallest absolute Gasteiger partial charge is 0.321 e. The fraction of sp³-hybridized carbons (Fsp3) is 0.645. The van der Waals surface area contributed by atoms with Crippen molar-refractivity contribution in [1.82, 2.24) is 35.3 Å². The van der Waals surface area contributed by atoms with Crippen molar-refractivity contribution in [2.45, 2.75) is 74.6 Å². The first-order chi connectivity index (χ1) is 23.0. The van der Waals surface area contributed by atoms with Gasteiger partial charge in [0.2, 0.25) is 29.4 Å². The highest BCUT2D eigenvalue weighted by Gasteiger charge is 2.49. The van der Waals surface area contributed by atoms with Gasteiger partial charge in [-0.25, -0.2) is 4.39 Å². The van der Waals surface area contributed by atoms with Crippen molar-refractivity contribution in [3.8, 4) is 23.7 Å². The van der Waals surface area contributed by atoms with Gasteiger partial charge >= 0.3 is 6.01 Å². The third-order valence-electron chi connectivity index (χ3n) is 10.1. The van der Waals surface area contributed by atoms with Gasteiger partial charge in [-0.05, 0) is 45.6 Å². The molecule has 3 aromatic rings. The fourth-order valence-corrected chi connectivity index (χ4v) is 8.92. The van der Waals surface area contributed by atoms with E-state index in [0.717, 1.165) is 42.7 Å². The van der Waals surface area contributed by atoms with Gasteiger partial charge in [-0.15, -0.1) is 11.3 Å². The molecular formula is C31H39FN10O5S. The number of aryl methyl sites for hydroxylation is 1. The summed E-state index contributed by atoms with van der Waals surface area (Å²) in [5, 5.41) is 28.6. The molecule has 7 rings (SSSR count). The van der Waals surface area contributed by atoms with Gasteiger partial charge < -0.3 is 35.1 Å². The van der Waals surface area contributed by atoms with E-state index in [-0.39, 0.29) is 62.3 Å². The number of ether oxygens (including phenoxy) is 2. The zero-order chi connectivity index (χ0) is 33.7. The van der Waals surface area contributed by atoms with Crippen LogP contribution in [-0.2, 0) is 21.4 Å². The van der Waals surface area contributed by atoms with Crippen LogP contribution >= 0.6 is 11.3 Å². The third-order valence-corrected chi connectivity index (χ3v) is 11.2. The number of alkyl halides is 1. The lowest BCUT2D eigenvalue weighted by Gasteiger charge is -2.31. The SMILES string of the molecule is CNC(=O)C[C@]1(O)COCCN(c2nc(OC[C@@]34CCCN3C[C@H](F)C4)nc(-c3noc([C@@]4(C)CCCc5sc(N)c(C#N)c54)n3)n2)C1. The lowest BCUT2D eigenvalue weighted by Crippen LogP contribution is -2.48. The Morgan fingerprint density at radius 1 is 1.25 bits per heavy atom. The van der Waals surface area contributed by atoms with E-state index in [9.17, 15) is 19.6 Å². The highest BCUT2D eigenvalue weighted by Crippen LogP contribution is 2.48. The predicted octanol–water partition coefficient (Wildman–Crippen LogP) is 1.74. The number of nitrogens with two attached hydrogens (primary N) is 1. The Kier molecular flexibility index (Phi) is 8.47. The van der Waals surface area contributed by atoms with Gasteiger partial charge in [-0.1, -0.05) is 5.16 Å². The van der Waals surface area contributed by atoms with E-state index in [2.05, 4.69) is 36.4 Å². The summed E-state index contributed by atoms with van der Waals surface area (Å²) >= 11 is 1.42. The van der Waals surface area contributed by atoms with Crippen LogP contribution in [0.4, 0.5) is 15.3 Å².